The van der Waals surface area contributed by atoms with Gasteiger partial charge in [-0.05, 0) is 30.0 Å². The SMILES string of the molecule is CCS(=O)(=O)NCc1ccc(CC(=O)N(C)[C@H](CN2CC[C@H](O)C2)c2ccccc2)cc1.Cl. The Morgan fingerprint density at radius 3 is 2.36 bits per heavy atom. The number of rotatable bonds is 10. The fourth-order valence-corrected chi connectivity index (χ4v) is 4.48. The maximum Gasteiger partial charge on any atom is 0.227 e. The minimum absolute atomic E-state index is 0. The van der Waals surface area contributed by atoms with Gasteiger partial charge in [0.1, 0.15) is 0 Å². The minimum atomic E-state index is -3.24. The molecule has 1 amide bonds. The molecule has 0 spiro atoms. The summed E-state index contributed by atoms with van der Waals surface area (Å²) in [7, 11) is -1.40. The number of aliphatic hydroxyl groups is 1. The maximum absolute atomic E-state index is 13.1. The van der Waals surface area contributed by atoms with Crippen molar-refractivity contribution in [3.05, 3.63) is 71.3 Å². The molecule has 2 atom stereocenters. The van der Waals surface area contributed by atoms with Gasteiger partial charge in [-0.3, -0.25) is 9.69 Å². The molecule has 33 heavy (non-hydrogen) atoms. The van der Waals surface area contributed by atoms with Gasteiger partial charge in [0.2, 0.25) is 15.9 Å². The number of carbonyl (C=O) groups excluding carboxylic acids is 1. The van der Waals surface area contributed by atoms with Gasteiger partial charge < -0.3 is 10.0 Å². The van der Waals surface area contributed by atoms with Gasteiger partial charge in [-0.1, -0.05) is 54.6 Å². The first-order chi connectivity index (χ1) is 15.3. The Morgan fingerprint density at radius 1 is 1.15 bits per heavy atom. The number of nitrogens with zero attached hydrogens (tertiary/aromatic N) is 2. The van der Waals surface area contributed by atoms with E-state index in [0.717, 1.165) is 29.7 Å². The lowest BCUT2D eigenvalue weighted by atomic mass is 10.0. The molecule has 3 rings (SSSR count). The molecule has 182 valence electrons. The number of hydrogen-bond donors (Lipinski definition) is 2. The molecule has 1 aliphatic rings. The highest BCUT2D eigenvalue weighted by Crippen LogP contribution is 2.24. The van der Waals surface area contributed by atoms with Crippen LogP contribution in [0.3, 0.4) is 0 Å². The van der Waals surface area contributed by atoms with Gasteiger partial charge in [0.25, 0.3) is 0 Å². The number of benzene rings is 2. The zero-order chi connectivity index (χ0) is 23.1. The largest absolute Gasteiger partial charge is 0.392 e. The molecule has 1 aliphatic heterocycles. The molecule has 0 aromatic heterocycles. The molecule has 1 fully saturated rings. The first-order valence-electron chi connectivity index (χ1n) is 11.0. The lowest BCUT2D eigenvalue weighted by Gasteiger charge is -2.32. The maximum atomic E-state index is 13.1. The van der Waals surface area contributed by atoms with Crippen LogP contribution in [0.5, 0.6) is 0 Å². The van der Waals surface area contributed by atoms with E-state index in [-0.39, 0.29) is 49.2 Å². The van der Waals surface area contributed by atoms with Crippen LogP contribution in [-0.4, -0.2) is 67.8 Å². The van der Waals surface area contributed by atoms with E-state index in [4.69, 9.17) is 0 Å². The normalized spacial score (nSPS) is 17.4. The molecule has 1 heterocycles. The molecule has 1 saturated heterocycles. The van der Waals surface area contributed by atoms with Crippen LogP contribution in [0.15, 0.2) is 54.6 Å². The highest BCUT2D eigenvalue weighted by molar-refractivity contribution is 7.89. The summed E-state index contributed by atoms with van der Waals surface area (Å²) in [6.07, 6.45) is 0.733. The van der Waals surface area contributed by atoms with E-state index in [0.29, 0.717) is 13.1 Å². The van der Waals surface area contributed by atoms with Crippen molar-refractivity contribution < 1.29 is 18.3 Å². The molecule has 7 nitrogen and oxygen atoms in total. The van der Waals surface area contributed by atoms with Crippen molar-refractivity contribution in [2.75, 3.05) is 32.4 Å². The van der Waals surface area contributed by atoms with E-state index >= 15 is 0 Å². The van der Waals surface area contributed by atoms with Crippen LogP contribution in [0.2, 0.25) is 0 Å². The fraction of sp³-hybridized carbons (Fsp3) is 0.458. The summed E-state index contributed by atoms with van der Waals surface area (Å²) in [5, 5.41) is 9.88. The number of carbonyl (C=O) groups is 1. The fourth-order valence-electron chi connectivity index (χ4n) is 3.89. The second-order valence-corrected chi connectivity index (χ2v) is 10.4. The Morgan fingerprint density at radius 2 is 1.79 bits per heavy atom. The van der Waals surface area contributed by atoms with Crippen LogP contribution < -0.4 is 4.72 Å². The van der Waals surface area contributed by atoms with Crippen molar-refractivity contribution in [1.82, 2.24) is 14.5 Å². The van der Waals surface area contributed by atoms with Crippen molar-refractivity contribution in [3.8, 4) is 0 Å². The summed E-state index contributed by atoms with van der Waals surface area (Å²) < 4.78 is 25.8. The van der Waals surface area contributed by atoms with Crippen molar-refractivity contribution in [2.45, 2.75) is 38.5 Å². The van der Waals surface area contributed by atoms with Crippen molar-refractivity contribution >= 4 is 28.3 Å². The van der Waals surface area contributed by atoms with Gasteiger partial charge >= 0.3 is 0 Å². The number of likely N-dealkylation sites (tertiary alicyclic amines) is 1. The highest BCUT2D eigenvalue weighted by atomic mass is 35.5. The first-order valence-corrected chi connectivity index (χ1v) is 12.7. The molecule has 9 heteroatoms. The third-order valence-corrected chi connectivity index (χ3v) is 7.32. The van der Waals surface area contributed by atoms with Crippen LogP contribution in [-0.2, 0) is 27.8 Å². The average Bonchev–Trinajstić information content (AvgIpc) is 3.22. The Hall–Kier alpha value is -1.97. The Labute approximate surface area is 203 Å². The van der Waals surface area contributed by atoms with Gasteiger partial charge in [-0.15, -0.1) is 12.4 Å². The van der Waals surface area contributed by atoms with E-state index in [1.165, 1.54) is 0 Å². The van der Waals surface area contributed by atoms with Crippen LogP contribution in [0.25, 0.3) is 0 Å². The number of aliphatic hydroxyl groups excluding tert-OH is 1. The molecular formula is C24H34ClN3O4S. The molecule has 0 unspecified atom stereocenters. The van der Waals surface area contributed by atoms with Crippen LogP contribution >= 0.6 is 12.4 Å². The van der Waals surface area contributed by atoms with Crippen molar-refractivity contribution in [1.29, 1.82) is 0 Å². The van der Waals surface area contributed by atoms with Crippen LogP contribution in [0.1, 0.15) is 36.1 Å². The van der Waals surface area contributed by atoms with E-state index < -0.39 is 10.0 Å². The summed E-state index contributed by atoms with van der Waals surface area (Å²) in [6.45, 7) is 3.98. The average molecular weight is 496 g/mol. The van der Waals surface area contributed by atoms with E-state index in [1.807, 2.05) is 61.6 Å². The predicted molar refractivity (Wildman–Crippen MR) is 133 cm³/mol. The number of nitrogens with one attached hydrogen (secondary N) is 1. The van der Waals surface area contributed by atoms with E-state index in [9.17, 15) is 18.3 Å². The Balaban J connectivity index is 0.00000385. The van der Waals surface area contributed by atoms with Gasteiger partial charge in [-0.25, -0.2) is 13.1 Å². The number of sulfonamides is 1. The molecule has 2 aromatic carbocycles. The number of β-amino-alcohol motifs (C(OH)–C–C–N with tert-alkyl or cyclic N) is 1. The molecule has 0 bridgehead atoms. The van der Waals surface area contributed by atoms with Gasteiger partial charge in [0.05, 0.1) is 24.3 Å². The van der Waals surface area contributed by atoms with Crippen molar-refractivity contribution in [2.24, 2.45) is 0 Å². The van der Waals surface area contributed by atoms with E-state index in [1.54, 1.807) is 11.8 Å². The van der Waals surface area contributed by atoms with Gasteiger partial charge in [-0.2, -0.15) is 0 Å². The molecular weight excluding hydrogens is 462 g/mol. The molecule has 2 aromatic rings. The minimum Gasteiger partial charge on any atom is -0.392 e. The van der Waals surface area contributed by atoms with Crippen LogP contribution in [0, 0.1) is 0 Å². The standard InChI is InChI=1S/C24H33N3O4S.ClH/c1-3-32(30,31)25-16-20-11-9-19(10-12-20)15-24(29)26(2)23(21-7-5-4-6-8-21)18-27-14-13-22(28)17-27;/h4-12,22-23,25,28H,3,13-18H2,1-2H3;1H/t22-,23+;/m0./s1. The third-order valence-electron chi connectivity index (χ3n) is 5.98. The predicted octanol–water partition coefficient (Wildman–Crippen LogP) is 2.36. The number of hydrogen-bond acceptors (Lipinski definition) is 5. The lowest BCUT2D eigenvalue weighted by molar-refractivity contribution is -0.131. The summed E-state index contributed by atoms with van der Waals surface area (Å²) in [5.74, 6) is 0.0586. The van der Waals surface area contributed by atoms with Crippen molar-refractivity contribution in [3.63, 3.8) is 0 Å². The zero-order valence-corrected chi connectivity index (χ0v) is 20.8. The summed E-state index contributed by atoms with van der Waals surface area (Å²) in [4.78, 5) is 17.1. The van der Waals surface area contributed by atoms with Gasteiger partial charge in [0, 0.05) is 33.2 Å². The third kappa shape index (κ3) is 8.08. The Bertz CT molecular complexity index is 987. The Kier molecular flexibility index (Phi) is 10.3. The number of likely N-dealkylation sites (N-methyl/N-ethyl adjacent to an activating group) is 1. The number of halogens is 1. The zero-order valence-electron chi connectivity index (χ0n) is 19.2. The smallest absolute Gasteiger partial charge is 0.227 e. The van der Waals surface area contributed by atoms with Gasteiger partial charge in [0.15, 0.2) is 0 Å². The monoisotopic (exact) mass is 495 g/mol. The topological polar surface area (TPSA) is 90.0 Å². The van der Waals surface area contributed by atoms with E-state index in [2.05, 4.69) is 9.62 Å². The quantitative estimate of drug-likeness (QED) is 0.528. The van der Waals surface area contributed by atoms with Crippen LogP contribution in [0.4, 0.5) is 0 Å². The lowest BCUT2D eigenvalue weighted by Crippen LogP contribution is -2.39. The summed E-state index contributed by atoms with van der Waals surface area (Å²) in [5.41, 5.74) is 2.80. The second kappa shape index (κ2) is 12.5. The molecule has 2 N–H and O–H groups in total. The second-order valence-electron chi connectivity index (χ2n) is 8.35. The highest BCUT2D eigenvalue weighted by Gasteiger charge is 2.28. The number of amides is 1. The molecule has 0 saturated carbocycles. The molecule has 0 aliphatic carbocycles. The summed E-state index contributed by atoms with van der Waals surface area (Å²) >= 11 is 0. The summed E-state index contributed by atoms with van der Waals surface area (Å²) in [6, 6.07) is 17.3. The first kappa shape index (κ1) is 27.3. The molecule has 0 radical (unpaired) electrons.